The highest BCUT2D eigenvalue weighted by Gasteiger charge is 2.24. The fourth-order valence-electron chi connectivity index (χ4n) is 2.06. The Morgan fingerprint density at radius 1 is 0.818 bits per heavy atom. The van der Waals surface area contributed by atoms with E-state index in [1.54, 1.807) is 0 Å². The van der Waals surface area contributed by atoms with Gasteiger partial charge in [0, 0.05) is 13.2 Å². The number of hydrogen-bond donors (Lipinski definition) is 0. The summed E-state index contributed by atoms with van der Waals surface area (Å²) >= 11 is 0. The van der Waals surface area contributed by atoms with Crippen molar-refractivity contribution in [3.05, 3.63) is 29.8 Å². The van der Waals surface area contributed by atoms with E-state index in [-0.39, 0.29) is 0 Å². The average molecular weight is 306 g/mol. The van der Waals surface area contributed by atoms with E-state index >= 15 is 0 Å². The molecule has 0 radical (unpaired) electrons. The Morgan fingerprint density at radius 2 is 1.41 bits per heavy atom. The summed E-state index contributed by atoms with van der Waals surface area (Å²) < 4.78 is 17.5. The molecule has 1 aromatic carbocycles. The van der Waals surface area contributed by atoms with Crippen LogP contribution in [0.15, 0.2) is 24.3 Å². The highest BCUT2D eigenvalue weighted by atomic mass is 16.7. The largest absolute Gasteiger partial charge is 0.713 e. The fourth-order valence-corrected chi connectivity index (χ4v) is 2.06. The molecule has 0 heterocycles. The van der Waals surface area contributed by atoms with E-state index in [0.29, 0.717) is 13.2 Å². The summed E-state index contributed by atoms with van der Waals surface area (Å²) in [5.41, 5.74) is 1.23. The normalized spacial score (nSPS) is 10.7. The molecule has 124 valence electrons. The molecule has 3 nitrogen and oxygen atoms in total. The van der Waals surface area contributed by atoms with Crippen molar-refractivity contribution in [2.45, 2.75) is 65.7 Å². The lowest BCUT2D eigenvalue weighted by atomic mass is 10.1. The Morgan fingerprint density at radius 3 is 2.00 bits per heavy atom. The average Bonchev–Trinajstić information content (AvgIpc) is 2.54. The second kappa shape index (κ2) is 12.5. The first-order chi connectivity index (χ1) is 10.8. The van der Waals surface area contributed by atoms with Gasteiger partial charge in [-0.2, -0.15) is 0 Å². The summed E-state index contributed by atoms with van der Waals surface area (Å²) in [6.45, 7) is 7.84. The molecule has 4 heteroatoms. The smallest absolute Gasteiger partial charge is 0.512 e. The Bertz CT molecular complexity index is 374. The van der Waals surface area contributed by atoms with Crippen LogP contribution in [0, 0.1) is 0 Å². The highest BCUT2D eigenvalue weighted by Crippen LogP contribution is 2.21. The maximum atomic E-state index is 5.99. The minimum atomic E-state index is -0.596. The maximum absolute atomic E-state index is 5.99. The van der Waals surface area contributed by atoms with Crippen LogP contribution in [0.1, 0.15) is 64.9 Å². The van der Waals surface area contributed by atoms with Gasteiger partial charge in [0.1, 0.15) is 5.75 Å². The molecule has 0 atom stereocenters. The lowest BCUT2D eigenvalue weighted by Gasteiger charge is -2.17. The molecule has 0 spiro atoms. The standard InChI is InChI=1S/C18H31BO3/c1-4-7-12-17-13-10-11-14-18(17)22-19(20-15-8-5-2)21-16-9-6-3/h10-11,13-14H,4-9,12,15-16H2,1-3H3. The van der Waals surface area contributed by atoms with Crippen LogP contribution >= 0.6 is 0 Å². The molecular weight excluding hydrogens is 275 g/mol. The summed E-state index contributed by atoms with van der Waals surface area (Å²) in [4.78, 5) is 0. The molecule has 0 aliphatic carbocycles. The zero-order chi connectivity index (χ0) is 16.0. The summed E-state index contributed by atoms with van der Waals surface area (Å²) in [5.74, 6) is 0.883. The minimum absolute atomic E-state index is 0.596. The van der Waals surface area contributed by atoms with Crippen molar-refractivity contribution in [3.8, 4) is 5.75 Å². The van der Waals surface area contributed by atoms with Crippen LogP contribution in [0.2, 0.25) is 0 Å². The second-order valence-corrected chi connectivity index (χ2v) is 5.57. The zero-order valence-electron chi connectivity index (χ0n) is 14.5. The molecule has 0 amide bonds. The van der Waals surface area contributed by atoms with Crippen molar-refractivity contribution < 1.29 is 14.0 Å². The van der Waals surface area contributed by atoms with E-state index in [2.05, 4.69) is 32.9 Å². The van der Waals surface area contributed by atoms with Crippen LogP contribution < -0.4 is 4.65 Å². The van der Waals surface area contributed by atoms with Gasteiger partial charge in [0.05, 0.1) is 0 Å². The Hall–Kier alpha value is -0.995. The third-order valence-corrected chi connectivity index (χ3v) is 3.50. The van der Waals surface area contributed by atoms with Gasteiger partial charge in [-0.15, -0.1) is 0 Å². The lowest BCUT2D eigenvalue weighted by Crippen LogP contribution is -2.31. The quantitative estimate of drug-likeness (QED) is 0.378. The van der Waals surface area contributed by atoms with Crippen LogP contribution in [-0.2, 0) is 15.7 Å². The van der Waals surface area contributed by atoms with Gasteiger partial charge in [-0.25, -0.2) is 0 Å². The van der Waals surface area contributed by atoms with Crippen molar-refractivity contribution in [1.82, 2.24) is 0 Å². The molecule has 0 aromatic heterocycles. The van der Waals surface area contributed by atoms with Gasteiger partial charge in [0.25, 0.3) is 0 Å². The molecule has 0 aliphatic heterocycles. The van der Waals surface area contributed by atoms with E-state index in [1.807, 2.05) is 12.1 Å². The van der Waals surface area contributed by atoms with E-state index in [4.69, 9.17) is 14.0 Å². The number of rotatable bonds is 13. The monoisotopic (exact) mass is 306 g/mol. The van der Waals surface area contributed by atoms with E-state index in [0.717, 1.165) is 37.9 Å². The van der Waals surface area contributed by atoms with Gasteiger partial charge in [0.2, 0.25) is 0 Å². The summed E-state index contributed by atoms with van der Waals surface area (Å²) in [5, 5.41) is 0. The molecule has 0 fully saturated rings. The first kappa shape index (κ1) is 19.1. The number of hydrogen-bond acceptors (Lipinski definition) is 3. The van der Waals surface area contributed by atoms with E-state index in [9.17, 15) is 0 Å². The third-order valence-electron chi connectivity index (χ3n) is 3.50. The first-order valence-electron chi connectivity index (χ1n) is 8.79. The molecule has 0 saturated carbocycles. The number of para-hydroxylation sites is 1. The number of unbranched alkanes of at least 4 members (excludes halogenated alkanes) is 3. The topological polar surface area (TPSA) is 27.7 Å². The summed E-state index contributed by atoms with van der Waals surface area (Å²) in [7, 11) is -0.596. The molecule has 1 rings (SSSR count). The molecule has 0 unspecified atom stereocenters. The molecule has 1 aromatic rings. The predicted octanol–water partition coefficient (Wildman–Crippen LogP) is 5.03. The second-order valence-electron chi connectivity index (χ2n) is 5.57. The molecule has 0 saturated heterocycles. The van der Waals surface area contributed by atoms with Gasteiger partial charge >= 0.3 is 7.32 Å². The molecule has 22 heavy (non-hydrogen) atoms. The Kier molecular flexibility index (Phi) is 10.9. The SMILES string of the molecule is CCCCOB(OCCCC)Oc1ccccc1CCCC. The van der Waals surface area contributed by atoms with Crippen molar-refractivity contribution in [3.63, 3.8) is 0 Å². The minimum Gasteiger partial charge on any atom is -0.512 e. The van der Waals surface area contributed by atoms with Gasteiger partial charge in [-0.3, -0.25) is 0 Å². The van der Waals surface area contributed by atoms with Crippen molar-refractivity contribution in [2.24, 2.45) is 0 Å². The van der Waals surface area contributed by atoms with Crippen LogP contribution in [0.3, 0.4) is 0 Å². The van der Waals surface area contributed by atoms with Gasteiger partial charge in [-0.05, 0) is 37.3 Å². The van der Waals surface area contributed by atoms with Gasteiger partial charge in [-0.1, -0.05) is 58.2 Å². The molecule has 0 N–H and O–H groups in total. The van der Waals surface area contributed by atoms with Crippen molar-refractivity contribution in [2.75, 3.05) is 13.2 Å². The highest BCUT2D eigenvalue weighted by molar-refractivity contribution is 6.37. The predicted molar refractivity (Wildman–Crippen MR) is 93.2 cm³/mol. The van der Waals surface area contributed by atoms with E-state index in [1.165, 1.54) is 18.4 Å². The van der Waals surface area contributed by atoms with Crippen LogP contribution in [-0.4, -0.2) is 20.5 Å². The lowest BCUT2D eigenvalue weighted by molar-refractivity contribution is 0.136. The fraction of sp³-hybridized carbons (Fsp3) is 0.667. The summed E-state index contributed by atoms with van der Waals surface area (Å²) in [6, 6.07) is 8.19. The molecular formula is C18H31BO3. The van der Waals surface area contributed by atoms with Crippen LogP contribution in [0.25, 0.3) is 0 Å². The molecule has 0 bridgehead atoms. The number of aryl methyl sites for hydroxylation is 1. The van der Waals surface area contributed by atoms with Gasteiger partial charge in [0.15, 0.2) is 0 Å². The van der Waals surface area contributed by atoms with Crippen LogP contribution in [0.4, 0.5) is 0 Å². The van der Waals surface area contributed by atoms with Crippen molar-refractivity contribution in [1.29, 1.82) is 0 Å². The Labute approximate surface area is 136 Å². The van der Waals surface area contributed by atoms with E-state index < -0.39 is 7.32 Å². The van der Waals surface area contributed by atoms with Crippen molar-refractivity contribution >= 4 is 7.32 Å². The first-order valence-corrected chi connectivity index (χ1v) is 8.79. The zero-order valence-corrected chi connectivity index (χ0v) is 14.5. The van der Waals surface area contributed by atoms with Crippen LogP contribution in [0.5, 0.6) is 5.75 Å². The summed E-state index contributed by atoms with van der Waals surface area (Å²) in [6.07, 6.45) is 7.63. The number of benzene rings is 1. The van der Waals surface area contributed by atoms with Gasteiger partial charge < -0.3 is 14.0 Å². The Balaban J connectivity index is 2.61. The third kappa shape index (κ3) is 7.86. The maximum Gasteiger partial charge on any atom is 0.713 e. The molecule has 0 aliphatic rings.